The maximum absolute atomic E-state index is 13.0. The van der Waals surface area contributed by atoms with Gasteiger partial charge >= 0.3 is 0 Å². The van der Waals surface area contributed by atoms with Crippen molar-refractivity contribution in [3.8, 4) is 5.75 Å². The fourth-order valence-corrected chi connectivity index (χ4v) is 2.83. The summed E-state index contributed by atoms with van der Waals surface area (Å²) in [5.74, 6) is 0.679. The minimum Gasteiger partial charge on any atom is -0.493 e. The van der Waals surface area contributed by atoms with Crippen molar-refractivity contribution in [3.63, 3.8) is 0 Å². The van der Waals surface area contributed by atoms with Crippen LogP contribution in [0.3, 0.4) is 0 Å². The van der Waals surface area contributed by atoms with E-state index in [1.54, 1.807) is 12.1 Å². The highest BCUT2D eigenvalue weighted by atomic mass is 32.2. The Morgan fingerprint density at radius 1 is 1.14 bits per heavy atom. The molecule has 0 saturated heterocycles. The molecule has 5 heteroatoms. The van der Waals surface area contributed by atoms with Crippen molar-refractivity contribution in [2.75, 3.05) is 18.9 Å². The van der Waals surface area contributed by atoms with Crippen molar-refractivity contribution >= 4 is 10.8 Å². The Labute approximate surface area is 126 Å². The lowest BCUT2D eigenvalue weighted by molar-refractivity contribution is 0.342. The predicted molar refractivity (Wildman–Crippen MR) is 82.4 cm³/mol. The Bertz CT molecular complexity index is 601. The molecule has 21 heavy (non-hydrogen) atoms. The lowest BCUT2D eigenvalue weighted by atomic mass is 10.1. The van der Waals surface area contributed by atoms with Crippen LogP contribution in [0.15, 0.2) is 53.4 Å². The second-order valence-electron chi connectivity index (χ2n) is 4.54. The van der Waals surface area contributed by atoms with E-state index < -0.39 is 10.8 Å². The van der Waals surface area contributed by atoms with E-state index in [1.165, 1.54) is 12.1 Å². The standard InChI is InChI=1S/C16H18FNO2S/c17-14-2-1-3-16(12-14)21(19)11-10-20-15-6-4-13(5-7-15)8-9-18/h1-7,12H,8-11,18H2. The molecule has 0 aromatic heterocycles. The fourth-order valence-electron chi connectivity index (χ4n) is 1.88. The zero-order valence-corrected chi connectivity index (χ0v) is 12.4. The second kappa shape index (κ2) is 7.90. The molecule has 0 saturated carbocycles. The maximum atomic E-state index is 13.0. The van der Waals surface area contributed by atoms with E-state index in [0.29, 0.717) is 23.8 Å². The van der Waals surface area contributed by atoms with E-state index in [9.17, 15) is 8.60 Å². The smallest absolute Gasteiger partial charge is 0.124 e. The van der Waals surface area contributed by atoms with Crippen molar-refractivity contribution in [2.45, 2.75) is 11.3 Å². The minimum absolute atomic E-state index is 0.319. The van der Waals surface area contributed by atoms with Crippen molar-refractivity contribution in [1.82, 2.24) is 0 Å². The van der Waals surface area contributed by atoms with Gasteiger partial charge in [0.25, 0.3) is 0 Å². The van der Waals surface area contributed by atoms with E-state index in [0.717, 1.165) is 17.7 Å². The third kappa shape index (κ3) is 4.95. The van der Waals surface area contributed by atoms with Crippen LogP contribution in [-0.2, 0) is 17.2 Å². The highest BCUT2D eigenvalue weighted by molar-refractivity contribution is 7.85. The van der Waals surface area contributed by atoms with Gasteiger partial charge in [-0.15, -0.1) is 0 Å². The Morgan fingerprint density at radius 3 is 2.57 bits per heavy atom. The Balaban J connectivity index is 1.82. The van der Waals surface area contributed by atoms with E-state index in [1.807, 2.05) is 24.3 Å². The van der Waals surface area contributed by atoms with Gasteiger partial charge in [0.05, 0.1) is 16.6 Å². The number of nitrogens with two attached hydrogens (primary N) is 1. The summed E-state index contributed by atoms with van der Waals surface area (Å²) in [6.45, 7) is 0.937. The fraction of sp³-hybridized carbons (Fsp3) is 0.250. The van der Waals surface area contributed by atoms with Crippen molar-refractivity contribution in [3.05, 3.63) is 59.9 Å². The highest BCUT2D eigenvalue weighted by Gasteiger charge is 2.05. The first-order valence-electron chi connectivity index (χ1n) is 6.75. The molecule has 1 unspecified atom stereocenters. The van der Waals surface area contributed by atoms with E-state index in [2.05, 4.69) is 0 Å². The molecule has 0 radical (unpaired) electrons. The van der Waals surface area contributed by atoms with Crippen LogP contribution in [0.25, 0.3) is 0 Å². The molecule has 0 aliphatic rings. The molecular formula is C16H18FNO2S. The number of ether oxygens (including phenoxy) is 1. The van der Waals surface area contributed by atoms with Gasteiger partial charge in [-0.1, -0.05) is 18.2 Å². The van der Waals surface area contributed by atoms with Gasteiger partial charge in [-0.05, 0) is 48.9 Å². The average Bonchev–Trinajstić information content (AvgIpc) is 2.49. The summed E-state index contributed by atoms with van der Waals surface area (Å²) < 4.78 is 30.6. The summed E-state index contributed by atoms with van der Waals surface area (Å²) in [5.41, 5.74) is 6.65. The molecule has 0 aliphatic carbocycles. The first-order valence-corrected chi connectivity index (χ1v) is 8.06. The molecule has 0 spiro atoms. The third-order valence-corrected chi connectivity index (χ3v) is 4.27. The van der Waals surface area contributed by atoms with Crippen LogP contribution in [0, 0.1) is 5.82 Å². The quantitative estimate of drug-likeness (QED) is 0.855. The maximum Gasteiger partial charge on any atom is 0.124 e. The first kappa shape index (κ1) is 15.7. The van der Waals surface area contributed by atoms with Gasteiger partial charge in [-0.3, -0.25) is 4.21 Å². The molecule has 0 amide bonds. The van der Waals surface area contributed by atoms with Crippen molar-refractivity contribution in [2.24, 2.45) is 5.73 Å². The minimum atomic E-state index is -1.26. The summed E-state index contributed by atoms with van der Waals surface area (Å²) in [5, 5.41) is 0. The van der Waals surface area contributed by atoms with Crippen LogP contribution in [0.5, 0.6) is 5.75 Å². The Morgan fingerprint density at radius 2 is 1.90 bits per heavy atom. The van der Waals surface area contributed by atoms with Gasteiger partial charge in [-0.25, -0.2) is 4.39 Å². The van der Waals surface area contributed by atoms with Crippen LogP contribution < -0.4 is 10.5 Å². The molecule has 0 fully saturated rings. The van der Waals surface area contributed by atoms with Gasteiger partial charge in [0.1, 0.15) is 18.2 Å². The van der Waals surface area contributed by atoms with E-state index >= 15 is 0 Å². The number of halogens is 1. The summed E-state index contributed by atoms with van der Waals surface area (Å²) in [4.78, 5) is 0.483. The molecule has 2 rings (SSSR count). The molecule has 2 N–H and O–H groups in total. The molecule has 2 aromatic rings. The van der Waals surface area contributed by atoms with Gasteiger partial charge in [0.15, 0.2) is 0 Å². The lowest BCUT2D eigenvalue weighted by Crippen LogP contribution is -2.09. The predicted octanol–water partition coefficient (Wildman–Crippen LogP) is 2.51. The molecule has 1 atom stereocenters. The average molecular weight is 307 g/mol. The Hall–Kier alpha value is -1.72. The van der Waals surface area contributed by atoms with Crippen LogP contribution in [0.1, 0.15) is 5.56 Å². The largest absolute Gasteiger partial charge is 0.493 e. The highest BCUT2D eigenvalue weighted by Crippen LogP contribution is 2.13. The lowest BCUT2D eigenvalue weighted by Gasteiger charge is -2.07. The zero-order chi connectivity index (χ0) is 15.1. The topological polar surface area (TPSA) is 52.3 Å². The number of rotatable bonds is 7. The van der Waals surface area contributed by atoms with Gasteiger partial charge in [-0.2, -0.15) is 0 Å². The summed E-state index contributed by atoms with van der Waals surface area (Å²) in [7, 11) is -1.26. The molecule has 0 heterocycles. The SMILES string of the molecule is NCCc1ccc(OCCS(=O)c2cccc(F)c2)cc1. The normalized spacial score (nSPS) is 12.1. The van der Waals surface area contributed by atoms with Gasteiger partial charge in [0.2, 0.25) is 0 Å². The number of benzene rings is 2. The number of hydrogen-bond donors (Lipinski definition) is 1. The van der Waals surface area contributed by atoms with E-state index in [4.69, 9.17) is 10.5 Å². The zero-order valence-electron chi connectivity index (χ0n) is 11.6. The van der Waals surface area contributed by atoms with Crippen LogP contribution >= 0.6 is 0 Å². The molecule has 3 nitrogen and oxygen atoms in total. The monoisotopic (exact) mass is 307 g/mol. The molecule has 0 aliphatic heterocycles. The summed E-state index contributed by atoms with van der Waals surface area (Å²) >= 11 is 0. The first-order chi connectivity index (χ1) is 10.2. The Kier molecular flexibility index (Phi) is 5.90. The second-order valence-corrected chi connectivity index (χ2v) is 6.11. The van der Waals surface area contributed by atoms with Crippen molar-refractivity contribution < 1.29 is 13.3 Å². The van der Waals surface area contributed by atoms with E-state index in [-0.39, 0.29) is 5.82 Å². The molecular weight excluding hydrogens is 289 g/mol. The van der Waals surface area contributed by atoms with Crippen molar-refractivity contribution in [1.29, 1.82) is 0 Å². The van der Waals surface area contributed by atoms with Gasteiger partial charge in [0, 0.05) is 4.90 Å². The molecule has 112 valence electrons. The number of hydrogen-bond acceptors (Lipinski definition) is 3. The van der Waals surface area contributed by atoms with Gasteiger partial charge < -0.3 is 10.5 Å². The molecule has 0 bridgehead atoms. The van der Waals surface area contributed by atoms with Crippen LogP contribution in [0.2, 0.25) is 0 Å². The molecule has 2 aromatic carbocycles. The van der Waals surface area contributed by atoms with Crippen LogP contribution in [0.4, 0.5) is 4.39 Å². The third-order valence-electron chi connectivity index (χ3n) is 2.95. The summed E-state index contributed by atoms with van der Waals surface area (Å²) in [6, 6.07) is 13.5. The summed E-state index contributed by atoms with van der Waals surface area (Å²) in [6.07, 6.45) is 0.837. The van der Waals surface area contributed by atoms with Crippen LogP contribution in [-0.4, -0.2) is 23.1 Å².